The lowest BCUT2D eigenvalue weighted by Crippen LogP contribution is -2.32. The van der Waals surface area contributed by atoms with Gasteiger partial charge in [-0.3, -0.25) is 4.79 Å². The summed E-state index contributed by atoms with van der Waals surface area (Å²) in [6.07, 6.45) is 5.68. The molecule has 0 spiro atoms. The zero-order valence-corrected chi connectivity index (χ0v) is 7.69. The van der Waals surface area contributed by atoms with Crippen molar-refractivity contribution in [2.45, 2.75) is 6.42 Å². The number of carbonyl (C=O) groups excluding carboxylic acids is 1. The van der Waals surface area contributed by atoms with Crippen LogP contribution in [0.4, 0.5) is 0 Å². The molecule has 1 fully saturated rings. The van der Waals surface area contributed by atoms with Crippen LogP contribution in [0.5, 0.6) is 0 Å². The summed E-state index contributed by atoms with van der Waals surface area (Å²) in [5.74, 6) is 2.63. The van der Waals surface area contributed by atoms with Crippen molar-refractivity contribution in [2.24, 2.45) is 0 Å². The molecule has 0 atom stereocenters. The second-order valence-corrected chi connectivity index (χ2v) is 2.52. The average Bonchev–Trinajstić information content (AvgIpc) is 2.18. The minimum atomic E-state index is 0. The highest BCUT2D eigenvalue weighted by Crippen LogP contribution is 1.95. The highest BCUT2D eigenvalue weighted by atomic mass is 35.5. The van der Waals surface area contributed by atoms with Crippen LogP contribution in [0.15, 0.2) is 0 Å². The molecule has 1 amide bonds. The Kier molecular flexibility index (Phi) is 5.52. The predicted octanol–water partition coefficient (Wildman–Crippen LogP) is -0.137. The normalized spacial score (nSPS) is 17.6. The molecule has 0 aromatic rings. The Morgan fingerprint density at radius 1 is 1.58 bits per heavy atom. The van der Waals surface area contributed by atoms with E-state index in [1.807, 2.05) is 0 Å². The number of nitrogens with zero attached hydrogens (tertiary/aromatic N) is 1. The molecule has 1 saturated heterocycles. The van der Waals surface area contributed by atoms with Crippen molar-refractivity contribution >= 4 is 18.3 Å². The van der Waals surface area contributed by atoms with Crippen LogP contribution in [0.2, 0.25) is 0 Å². The van der Waals surface area contributed by atoms with Crippen LogP contribution in [0, 0.1) is 12.3 Å². The second kappa shape index (κ2) is 5.87. The van der Waals surface area contributed by atoms with Gasteiger partial charge in [0.05, 0.1) is 6.54 Å². The molecule has 0 saturated carbocycles. The third-order valence-electron chi connectivity index (χ3n) is 1.71. The first-order valence-corrected chi connectivity index (χ1v) is 3.76. The van der Waals surface area contributed by atoms with E-state index in [4.69, 9.17) is 6.42 Å². The lowest BCUT2D eigenvalue weighted by Gasteiger charge is -2.16. The summed E-state index contributed by atoms with van der Waals surface area (Å²) >= 11 is 0. The molecule has 3 nitrogen and oxygen atoms in total. The van der Waals surface area contributed by atoms with Crippen LogP contribution in [0.3, 0.4) is 0 Å². The molecule has 1 N–H and O–H groups in total. The van der Waals surface area contributed by atoms with E-state index < -0.39 is 0 Å². The topological polar surface area (TPSA) is 32.3 Å². The standard InChI is InChI=1S/C8H12N2O.ClH/c1-2-6-10-7-5-9-4-3-8(10)11;/h1,9H,3-7H2;1H. The van der Waals surface area contributed by atoms with Gasteiger partial charge in [0.1, 0.15) is 0 Å². The van der Waals surface area contributed by atoms with E-state index in [0.29, 0.717) is 13.0 Å². The zero-order chi connectivity index (χ0) is 8.10. The fourth-order valence-electron chi connectivity index (χ4n) is 1.09. The highest BCUT2D eigenvalue weighted by molar-refractivity contribution is 5.85. The molecule has 1 heterocycles. The first-order valence-electron chi connectivity index (χ1n) is 3.76. The molecule has 4 heteroatoms. The molecule has 0 aromatic carbocycles. The third-order valence-corrected chi connectivity index (χ3v) is 1.71. The Hall–Kier alpha value is -0.720. The maximum Gasteiger partial charge on any atom is 0.224 e. The summed E-state index contributed by atoms with van der Waals surface area (Å²) in [6.45, 7) is 2.82. The van der Waals surface area contributed by atoms with Crippen molar-refractivity contribution in [3.8, 4) is 12.3 Å². The van der Waals surface area contributed by atoms with Crippen LogP contribution in [-0.4, -0.2) is 37.0 Å². The summed E-state index contributed by atoms with van der Waals surface area (Å²) in [4.78, 5) is 12.9. The lowest BCUT2D eigenvalue weighted by atomic mass is 10.4. The first-order chi connectivity index (χ1) is 5.34. The van der Waals surface area contributed by atoms with Crippen molar-refractivity contribution < 1.29 is 4.79 Å². The number of halogens is 1. The minimum Gasteiger partial charge on any atom is -0.330 e. The van der Waals surface area contributed by atoms with Crippen molar-refractivity contribution in [3.05, 3.63) is 0 Å². The van der Waals surface area contributed by atoms with Gasteiger partial charge in [-0.25, -0.2) is 0 Å². The lowest BCUT2D eigenvalue weighted by molar-refractivity contribution is -0.129. The second-order valence-electron chi connectivity index (χ2n) is 2.52. The van der Waals surface area contributed by atoms with Crippen LogP contribution < -0.4 is 5.32 Å². The minimum absolute atomic E-state index is 0. The molecule has 0 unspecified atom stereocenters. The number of terminal acetylenes is 1. The van der Waals surface area contributed by atoms with E-state index in [0.717, 1.165) is 19.6 Å². The Labute approximate surface area is 78.9 Å². The van der Waals surface area contributed by atoms with Crippen molar-refractivity contribution in [1.29, 1.82) is 0 Å². The van der Waals surface area contributed by atoms with Gasteiger partial charge in [0.15, 0.2) is 0 Å². The Balaban J connectivity index is 0.00000121. The fourth-order valence-corrected chi connectivity index (χ4v) is 1.09. The van der Waals surface area contributed by atoms with E-state index in [1.54, 1.807) is 4.90 Å². The summed E-state index contributed by atoms with van der Waals surface area (Å²) in [7, 11) is 0. The molecule has 1 rings (SSSR count). The Morgan fingerprint density at radius 2 is 2.33 bits per heavy atom. The molecule has 0 aromatic heterocycles. The maximum absolute atomic E-state index is 11.2. The molecule has 68 valence electrons. The van der Waals surface area contributed by atoms with E-state index >= 15 is 0 Å². The molecule has 0 radical (unpaired) electrons. The molecule has 0 bridgehead atoms. The Morgan fingerprint density at radius 3 is 3.00 bits per heavy atom. The van der Waals surface area contributed by atoms with E-state index in [2.05, 4.69) is 11.2 Å². The van der Waals surface area contributed by atoms with E-state index in [9.17, 15) is 4.79 Å². The van der Waals surface area contributed by atoms with Gasteiger partial charge in [-0.05, 0) is 0 Å². The number of amides is 1. The van der Waals surface area contributed by atoms with Gasteiger partial charge in [0, 0.05) is 26.1 Å². The number of hydrogen-bond donors (Lipinski definition) is 1. The quantitative estimate of drug-likeness (QED) is 0.582. The summed E-state index contributed by atoms with van der Waals surface area (Å²) < 4.78 is 0. The molecular formula is C8H13ClN2O. The van der Waals surface area contributed by atoms with Crippen LogP contribution >= 0.6 is 12.4 Å². The van der Waals surface area contributed by atoms with E-state index in [-0.39, 0.29) is 18.3 Å². The van der Waals surface area contributed by atoms with Gasteiger partial charge in [0.25, 0.3) is 0 Å². The smallest absolute Gasteiger partial charge is 0.224 e. The largest absolute Gasteiger partial charge is 0.330 e. The van der Waals surface area contributed by atoms with Crippen LogP contribution in [0.25, 0.3) is 0 Å². The van der Waals surface area contributed by atoms with Crippen molar-refractivity contribution in [2.75, 3.05) is 26.2 Å². The fraction of sp³-hybridized carbons (Fsp3) is 0.625. The van der Waals surface area contributed by atoms with Gasteiger partial charge in [-0.2, -0.15) is 0 Å². The van der Waals surface area contributed by atoms with Gasteiger partial charge in [0.2, 0.25) is 5.91 Å². The van der Waals surface area contributed by atoms with Gasteiger partial charge >= 0.3 is 0 Å². The number of carbonyl (C=O) groups is 1. The molecule has 1 aliphatic rings. The monoisotopic (exact) mass is 188 g/mol. The maximum atomic E-state index is 11.2. The van der Waals surface area contributed by atoms with Gasteiger partial charge < -0.3 is 10.2 Å². The molecule has 0 aliphatic carbocycles. The SMILES string of the molecule is C#CCN1CCNCCC1=O.Cl. The molecule has 12 heavy (non-hydrogen) atoms. The third kappa shape index (κ3) is 3.12. The van der Waals surface area contributed by atoms with Crippen molar-refractivity contribution in [1.82, 2.24) is 10.2 Å². The van der Waals surface area contributed by atoms with Crippen LogP contribution in [-0.2, 0) is 4.79 Å². The molecule has 1 aliphatic heterocycles. The number of nitrogens with one attached hydrogen (secondary N) is 1. The summed E-state index contributed by atoms with van der Waals surface area (Å²) in [5, 5.41) is 3.13. The zero-order valence-electron chi connectivity index (χ0n) is 6.88. The van der Waals surface area contributed by atoms with Gasteiger partial charge in [-0.15, -0.1) is 18.8 Å². The predicted molar refractivity (Wildman–Crippen MR) is 50.1 cm³/mol. The number of rotatable bonds is 1. The summed E-state index contributed by atoms with van der Waals surface area (Å²) in [6, 6.07) is 0. The first kappa shape index (κ1) is 11.3. The summed E-state index contributed by atoms with van der Waals surface area (Å²) in [5.41, 5.74) is 0. The average molecular weight is 189 g/mol. The highest BCUT2D eigenvalue weighted by Gasteiger charge is 2.13. The van der Waals surface area contributed by atoms with Gasteiger partial charge in [-0.1, -0.05) is 5.92 Å². The number of hydrogen-bond acceptors (Lipinski definition) is 2. The van der Waals surface area contributed by atoms with Crippen molar-refractivity contribution in [3.63, 3.8) is 0 Å². The molecular weight excluding hydrogens is 176 g/mol. The van der Waals surface area contributed by atoms with E-state index in [1.165, 1.54) is 0 Å². The van der Waals surface area contributed by atoms with Crippen LogP contribution in [0.1, 0.15) is 6.42 Å². The Bertz CT molecular complexity index is 188.